The van der Waals surface area contributed by atoms with Crippen molar-refractivity contribution in [3.8, 4) is 11.3 Å². The lowest BCUT2D eigenvalue weighted by molar-refractivity contribution is -0.119. The average molecular weight is 466 g/mol. The lowest BCUT2D eigenvalue weighted by Gasteiger charge is -2.22. The van der Waals surface area contributed by atoms with Gasteiger partial charge in [0.05, 0.1) is 11.2 Å². The minimum Gasteiger partial charge on any atom is -0.300 e. The molecule has 2 aromatic heterocycles. The Bertz CT molecular complexity index is 1370. The summed E-state index contributed by atoms with van der Waals surface area (Å²) in [6.07, 6.45) is 0.479. The molecule has 32 heavy (non-hydrogen) atoms. The first kappa shape index (κ1) is 22.2. The van der Waals surface area contributed by atoms with Crippen molar-refractivity contribution in [3.63, 3.8) is 0 Å². The van der Waals surface area contributed by atoms with Crippen LogP contribution in [-0.2, 0) is 4.79 Å². The summed E-state index contributed by atoms with van der Waals surface area (Å²) in [5, 5.41) is 6.95. The number of carbonyl (C=O) groups excluding carboxylic acids is 1. The van der Waals surface area contributed by atoms with E-state index in [4.69, 9.17) is 11.6 Å². The molecular weight excluding hydrogens is 442 g/mol. The Kier molecular flexibility index (Phi) is 6.17. The van der Waals surface area contributed by atoms with Crippen LogP contribution in [0.3, 0.4) is 0 Å². The Balaban J connectivity index is 1.69. The highest BCUT2D eigenvalue weighted by Crippen LogP contribution is 2.29. The monoisotopic (exact) mass is 465 g/mol. The van der Waals surface area contributed by atoms with E-state index >= 15 is 0 Å². The minimum atomic E-state index is -0.644. The van der Waals surface area contributed by atoms with E-state index in [2.05, 4.69) is 16.4 Å². The van der Waals surface area contributed by atoms with Crippen LogP contribution in [0.4, 0.5) is 5.13 Å². The number of benzene rings is 2. The van der Waals surface area contributed by atoms with E-state index in [9.17, 15) is 9.59 Å². The van der Waals surface area contributed by atoms with Gasteiger partial charge in [-0.1, -0.05) is 42.3 Å². The molecule has 1 unspecified atom stereocenters. The number of rotatable bonds is 5. The van der Waals surface area contributed by atoms with E-state index in [-0.39, 0.29) is 11.5 Å². The predicted octanol–water partition coefficient (Wildman–Crippen LogP) is 6.29. The molecule has 2 aromatic carbocycles. The molecule has 0 saturated carbocycles. The lowest BCUT2D eigenvalue weighted by atomic mass is 10.0. The SMILES string of the molecule is CCC(C(=O)Nc1nc(-c2ccc(Cl)cc2)cs1)n1c(=O)cc(C)c2cc(C)cc(C)c21. The number of anilines is 1. The van der Waals surface area contributed by atoms with E-state index in [0.29, 0.717) is 16.6 Å². The minimum absolute atomic E-state index is 0.176. The first-order chi connectivity index (χ1) is 15.3. The summed E-state index contributed by atoms with van der Waals surface area (Å²) >= 11 is 7.32. The van der Waals surface area contributed by atoms with Crippen LogP contribution in [0.2, 0.25) is 5.02 Å². The van der Waals surface area contributed by atoms with Crippen LogP contribution in [0.25, 0.3) is 22.2 Å². The molecule has 4 rings (SSSR count). The maximum absolute atomic E-state index is 13.3. The molecule has 1 atom stereocenters. The summed E-state index contributed by atoms with van der Waals surface area (Å²) in [6, 6.07) is 12.5. The van der Waals surface area contributed by atoms with E-state index < -0.39 is 6.04 Å². The van der Waals surface area contributed by atoms with Gasteiger partial charge >= 0.3 is 0 Å². The fraction of sp³-hybridized carbons (Fsp3) is 0.240. The number of aryl methyl sites for hydroxylation is 3. The number of nitrogens with one attached hydrogen (secondary N) is 1. The number of aromatic nitrogens is 2. The molecule has 1 amide bonds. The van der Waals surface area contributed by atoms with Crippen LogP contribution in [0, 0.1) is 20.8 Å². The van der Waals surface area contributed by atoms with Crippen LogP contribution in [0.1, 0.15) is 36.1 Å². The van der Waals surface area contributed by atoms with Gasteiger partial charge in [-0.25, -0.2) is 4.98 Å². The van der Waals surface area contributed by atoms with Gasteiger partial charge in [-0.15, -0.1) is 11.3 Å². The Morgan fingerprint density at radius 1 is 1.12 bits per heavy atom. The van der Waals surface area contributed by atoms with Gasteiger partial charge in [0.25, 0.3) is 5.56 Å². The third-order valence-electron chi connectivity index (χ3n) is 5.56. The zero-order valence-corrected chi connectivity index (χ0v) is 20.0. The number of nitrogens with zero attached hydrogens (tertiary/aromatic N) is 2. The van der Waals surface area contributed by atoms with Crippen LogP contribution < -0.4 is 10.9 Å². The summed E-state index contributed by atoms with van der Waals surface area (Å²) in [7, 11) is 0. The summed E-state index contributed by atoms with van der Waals surface area (Å²) in [5.74, 6) is -0.253. The van der Waals surface area contributed by atoms with Crippen molar-refractivity contribution in [1.29, 1.82) is 0 Å². The third kappa shape index (κ3) is 4.20. The Morgan fingerprint density at radius 2 is 1.84 bits per heavy atom. The number of amides is 1. The van der Waals surface area contributed by atoms with Crippen molar-refractivity contribution < 1.29 is 4.79 Å². The topological polar surface area (TPSA) is 64.0 Å². The molecule has 164 valence electrons. The maximum atomic E-state index is 13.3. The summed E-state index contributed by atoms with van der Waals surface area (Å²) in [4.78, 5) is 30.8. The molecule has 7 heteroatoms. The smallest absolute Gasteiger partial charge is 0.252 e. The number of fused-ring (bicyclic) bond motifs is 1. The molecule has 0 aliphatic heterocycles. The average Bonchev–Trinajstić information content (AvgIpc) is 3.20. The highest BCUT2D eigenvalue weighted by molar-refractivity contribution is 7.14. The van der Waals surface area contributed by atoms with E-state index in [1.807, 2.05) is 51.3 Å². The third-order valence-corrected chi connectivity index (χ3v) is 6.57. The second kappa shape index (κ2) is 8.88. The molecule has 0 bridgehead atoms. The molecule has 5 nitrogen and oxygen atoms in total. The van der Waals surface area contributed by atoms with Crippen molar-refractivity contribution in [3.05, 3.63) is 79.9 Å². The molecule has 0 aliphatic rings. The summed E-state index contributed by atoms with van der Waals surface area (Å²) in [5.41, 5.74) is 5.33. The van der Waals surface area contributed by atoms with Crippen LogP contribution in [-0.4, -0.2) is 15.5 Å². The van der Waals surface area contributed by atoms with Gasteiger partial charge < -0.3 is 5.32 Å². The second-order valence-corrected chi connectivity index (χ2v) is 9.27. The molecule has 0 spiro atoms. The second-order valence-electron chi connectivity index (χ2n) is 7.97. The lowest BCUT2D eigenvalue weighted by Crippen LogP contribution is -2.33. The van der Waals surface area contributed by atoms with Crippen LogP contribution in [0.15, 0.2) is 52.6 Å². The van der Waals surface area contributed by atoms with E-state index in [1.54, 1.807) is 22.8 Å². The normalized spacial score (nSPS) is 12.2. The van der Waals surface area contributed by atoms with Gasteiger partial charge in [-0.05, 0) is 56.5 Å². The van der Waals surface area contributed by atoms with Crippen LogP contribution >= 0.6 is 22.9 Å². The number of halogens is 1. The molecule has 1 N–H and O–H groups in total. The number of pyridine rings is 1. The van der Waals surface area contributed by atoms with Crippen molar-refractivity contribution in [2.24, 2.45) is 0 Å². The zero-order chi connectivity index (χ0) is 23.0. The number of hydrogen-bond acceptors (Lipinski definition) is 4. The van der Waals surface area contributed by atoms with Crippen molar-refractivity contribution in [2.45, 2.75) is 40.2 Å². The quantitative estimate of drug-likeness (QED) is 0.376. The Morgan fingerprint density at radius 3 is 2.53 bits per heavy atom. The molecule has 0 aliphatic carbocycles. The number of thiazole rings is 1. The molecular formula is C25H24ClN3O2S. The first-order valence-electron chi connectivity index (χ1n) is 10.4. The first-order valence-corrected chi connectivity index (χ1v) is 11.7. The van der Waals surface area contributed by atoms with Gasteiger partial charge in [0.15, 0.2) is 5.13 Å². The fourth-order valence-electron chi connectivity index (χ4n) is 4.09. The Hall–Kier alpha value is -2.96. The molecule has 2 heterocycles. The predicted molar refractivity (Wildman–Crippen MR) is 133 cm³/mol. The van der Waals surface area contributed by atoms with Crippen molar-refractivity contribution >= 4 is 44.9 Å². The van der Waals surface area contributed by atoms with Gasteiger partial charge in [0.1, 0.15) is 6.04 Å². The molecule has 4 aromatic rings. The van der Waals surface area contributed by atoms with Gasteiger partial charge in [-0.3, -0.25) is 14.2 Å². The largest absolute Gasteiger partial charge is 0.300 e. The molecule has 0 radical (unpaired) electrons. The van der Waals surface area contributed by atoms with Crippen molar-refractivity contribution in [2.75, 3.05) is 5.32 Å². The number of hydrogen-bond donors (Lipinski definition) is 1. The standard InChI is InChI=1S/C25H24ClN3O2S/c1-5-21(29-22(30)12-15(3)19-11-14(2)10-16(4)23(19)29)24(31)28-25-27-20(13-32-25)17-6-8-18(26)9-7-17/h6-13,21H,5H2,1-4H3,(H,27,28,31). The summed E-state index contributed by atoms with van der Waals surface area (Å²) in [6.45, 7) is 7.86. The molecule has 0 saturated heterocycles. The van der Waals surface area contributed by atoms with Gasteiger partial charge in [-0.2, -0.15) is 0 Å². The Labute approximate surface area is 195 Å². The highest BCUT2D eigenvalue weighted by Gasteiger charge is 2.24. The van der Waals surface area contributed by atoms with Crippen LogP contribution in [0.5, 0.6) is 0 Å². The molecule has 0 fully saturated rings. The fourth-order valence-corrected chi connectivity index (χ4v) is 4.94. The number of carbonyl (C=O) groups is 1. The highest BCUT2D eigenvalue weighted by atomic mass is 35.5. The van der Waals surface area contributed by atoms with Gasteiger partial charge in [0, 0.05) is 27.4 Å². The maximum Gasteiger partial charge on any atom is 0.252 e. The van der Waals surface area contributed by atoms with E-state index in [0.717, 1.165) is 38.9 Å². The zero-order valence-electron chi connectivity index (χ0n) is 18.4. The van der Waals surface area contributed by atoms with Crippen molar-refractivity contribution in [1.82, 2.24) is 9.55 Å². The van der Waals surface area contributed by atoms with Gasteiger partial charge in [0.2, 0.25) is 5.91 Å². The summed E-state index contributed by atoms with van der Waals surface area (Å²) < 4.78 is 1.63. The van der Waals surface area contributed by atoms with E-state index in [1.165, 1.54) is 11.3 Å².